The van der Waals surface area contributed by atoms with Crippen LogP contribution in [0.5, 0.6) is 0 Å². The summed E-state index contributed by atoms with van der Waals surface area (Å²) in [6, 6.07) is 18.1. The number of aromatic nitrogens is 2. The molecule has 0 atom stereocenters. The smallest absolute Gasteiger partial charge is 0.229 e. The van der Waals surface area contributed by atoms with Gasteiger partial charge in [-0.25, -0.2) is 4.98 Å². The summed E-state index contributed by atoms with van der Waals surface area (Å²) in [5.41, 5.74) is 4.84. The van der Waals surface area contributed by atoms with Crippen molar-refractivity contribution in [1.82, 2.24) is 9.97 Å². The SMILES string of the molecule is CC(C)c1ccc(CC(=O)Nc2cc(Cl)nc(N3CCc4ccccc4C3)n2)cc1. The number of benzene rings is 2. The molecule has 3 aromatic rings. The molecule has 0 spiro atoms. The Labute approximate surface area is 182 Å². The summed E-state index contributed by atoms with van der Waals surface area (Å²) >= 11 is 6.23. The lowest BCUT2D eigenvalue weighted by Gasteiger charge is -2.29. The average Bonchev–Trinajstić information content (AvgIpc) is 2.73. The van der Waals surface area contributed by atoms with E-state index in [9.17, 15) is 4.79 Å². The number of amides is 1. The standard InChI is InChI=1S/C24H25ClN4O/c1-16(2)18-9-7-17(8-10-18)13-23(30)27-22-14-21(25)26-24(28-22)29-12-11-19-5-3-4-6-20(19)15-29/h3-10,14,16H,11-13,15H2,1-2H3,(H,26,27,28,30). The van der Waals surface area contributed by atoms with E-state index in [-0.39, 0.29) is 12.3 Å². The number of halogens is 1. The maximum absolute atomic E-state index is 12.5. The number of carbonyl (C=O) groups excluding carboxylic acids is 1. The lowest BCUT2D eigenvalue weighted by Crippen LogP contribution is -2.32. The second-order valence-electron chi connectivity index (χ2n) is 7.94. The predicted molar refractivity (Wildman–Crippen MR) is 121 cm³/mol. The van der Waals surface area contributed by atoms with Crippen LogP contribution in [0.25, 0.3) is 0 Å². The minimum Gasteiger partial charge on any atom is -0.336 e. The van der Waals surface area contributed by atoms with Gasteiger partial charge in [-0.05, 0) is 34.6 Å². The first-order valence-electron chi connectivity index (χ1n) is 10.2. The Bertz CT molecular complexity index is 1050. The van der Waals surface area contributed by atoms with E-state index in [1.807, 2.05) is 18.2 Å². The van der Waals surface area contributed by atoms with E-state index in [1.165, 1.54) is 16.7 Å². The van der Waals surface area contributed by atoms with Gasteiger partial charge in [0.15, 0.2) is 0 Å². The number of nitrogens with one attached hydrogen (secondary N) is 1. The van der Waals surface area contributed by atoms with Crippen LogP contribution in [-0.4, -0.2) is 22.4 Å². The third-order valence-corrected chi connectivity index (χ3v) is 5.57. The molecule has 2 heterocycles. The van der Waals surface area contributed by atoms with Crippen molar-refractivity contribution in [2.75, 3.05) is 16.8 Å². The summed E-state index contributed by atoms with van der Waals surface area (Å²) in [4.78, 5) is 23.6. The van der Waals surface area contributed by atoms with Crippen LogP contribution in [0, 0.1) is 0 Å². The van der Waals surface area contributed by atoms with Crippen molar-refractivity contribution < 1.29 is 4.79 Å². The number of fused-ring (bicyclic) bond motifs is 1. The highest BCUT2D eigenvalue weighted by Crippen LogP contribution is 2.24. The number of hydrogen-bond donors (Lipinski definition) is 1. The first-order chi connectivity index (χ1) is 14.5. The van der Waals surface area contributed by atoms with Crippen LogP contribution >= 0.6 is 11.6 Å². The third kappa shape index (κ3) is 4.79. The zero-order valence-electron chi connectivity index (χ0n) is 17.2. The summed E-state index contributed by atoms with van der Waals surface area (Å²) in [5, 5.41) is 3.18. The van der Waals surface area contributed by atoms with Crippen LogP contribution in [0.1, 0.15) is 42.0 Å². The molecule has 1 amide bonds. The Balaban J connectivity index is 1.45. The molecule has 0 radical (unpaired) electrons. The van der Waals surface area contributed by atoms with Crippen LogP contribution in [0.2, 0.25) is 5.15 Å². The lowest BCUT2D eigenvalue weighted by atomic mass is 10.0. The van der Waals surface area contributed by atoms with Gasteiger partial charge in [-0.1, -0.05) is 74.0 Å². The van der Waals surface area contributed by atoms with E-state index >= 15 is 0 Å². The van der Waals surface area contributed by atoms with Gasteiger partial charge in [-0.2, -0.15) is 4.98 Å². The summed E-state index contributed by atoms with van der Waals surface area (Å²) < 4.78 is 0. The number of carbonyl (C=O) groups is 1. The van der Waals surface area contributed by atoms with Crippen molar-refractivity contribution in [3.8, 4) is 0 Å². The van der Waals surface area contributed by atoms with Crippen molar-refractivity contribution in [3.05, 3.63) is 82.0 Å². The largest absolute Gasteiger partial charge is 0.336 e. The third-order valence-electron chi connectivity index (χ3n) is 5.38. The van der Waals surface area contributed by atoms with Crippen LogP contribution in [0.3, 0.4) is 0 Å². The summed E-state index contributed by atoms with van der Waals surface area (Å²) in [7, 11) is 0. The van der Waals surface area contributed by atoms with Crippen molar-refractivity contribution in [1.29, 1.82) is 0 Å². The fourth-order valence-electron chi connectivity index (χ4n) is 3.67. The van der Waals surface area contributed by atoms with Crippen molar-refractivity contribution in [2.24, 2.45) is 0 Å². The molecule has 2 aromatic carbocycles. The molecule has 0 saturated heterocycles. The fourth-order valence-corrected chi connectivity index (χ4v) is 3.85. The highest BCUT2D eigenvalue weighted by molar-refractivity contribution is 6.29. The second-order valence-corrected chi connectivity index (χ2v) is 8.32. The highest BCUT2D eigenvalue weighted by atomic mass is 35.5. The van der Waals surface area contributed by atoms with Crippen LogP contribution < -0.4 is 10.2 Å². The molecule has 1 N–H and O–H groups in total. The van der Waals surface area contributed by atoms with Crippen molar-refractivity contribution in [3.63, 3.8) is 0 Å². The molecular formula is C24H25ClN4O. The maximum atomic E-state index is 12.5. The van der Waals surface area contributed by atoms with Gasteiger partial charge in [-0.3, -0.25) is 4.79 Å². The molecule has 0 saturated carbocycles. The highest BCUT2D eigenvalue weighted by Gasteiger charge is 2.19. The predicted octanol–water partition coefficient (Wildman–Crippen LogP) is 5.00. The topological polar surface area (TPSA) is 58.1 Å². The molecule has 30 heavy (non-hydrogen) atoms. The molecule has 5 nitrogen and oxygen atoms in total. The van der Waals surface area contributed by atoms with E-state index < -0.39 is 0 Å². The number of rotatable bonds is 5. The van der Waals surface area contributed by atoms with Gasteiger partial charge in [0, 0.05) is 19.2 Å². The molecule has 6 heteroatoms. The van der Waals surface area contributed by atoms with Gasteiger partial charge in [0.05, 0.1) is 6.42 Å². The zero-order chi connectivity index (χ0) is 21.1. The zero-order valence-corrected chi connectivity index (χ0v) is 18.0. The van der Waals surface area contributed by atoms with Gasteiger partial charge in [0.1, 0.15) is 11.0 Å². The molecule has 0 unspecified atom stereocenters. The molecule has 0 aliphatic carbocycles. The van der Waals surface area contributed by atoms with E-state index in [0.717, 1.165) is 25.1 Å². The lowest BCUT2D eigenvalue weighted by molar-refractivity contribution is -0.115. The van der Waals surface area contributed by atoms with Crippen molar-refractivity contribution in [2.45, 2.75) is 39.2 Å². The Hall–Kier alpha value is -2.92. The quantitative estimate of drug-likeness (QED) is 0.590. The van der Waals surface area contributed by atoms with Crippen LogP contribution in [-0.2, 0) is 24.2 Å². The Morgan fingerprint density at radius 1 is 1.10 bits per heavy atom. The van der Waals surface area contributed by atoms with Gasteiger partial charge in [0.2, 0.25) is 11.9 Å². The molecule has 1 aromatic heterocycles. The van der Waals surface area contributed by atoms with Gasteiger partial charge in [0.25, 0.3) is 0 Å². The fraction of sp³-hybridized carbons (Fsp3) is 0.292. The van der Waals surface area contributed by atoms with Crippen molar-refractivity contribution >= 4 is 29.3 Å². The first-order valence-corrected chi connectivity index (χ1v) is 10.6. The van der Waals surface area contributed by atoms with Crippen LogP contribution in [0.4, 0.5) is 11.8 Å². The summed E-state index contributed by atoms with van der Waals surface area (Å²) in [5.74, 6) is 1.30. The summed E-state index contributed by atoms with van der Waals surface area (Å²) in [6.45, 7) is 5.84. The average molecular weight is 421 g/mol. The maximum Gasteiger partial charge on any atom is 0.229 e. The van der Waals surface area contributed by atoms with E-state index in [1.54, 1.807) is 6.07 Å². The van der Waals surface area contributed by atoms with E-state index in [2.05, 4.69) is 64.4 Å². The molecule has 1 aliphatic rings. The van der Waals surface area contributed by atoms with Gasteiger partial charge >= 0.3 is 0 Å². The number of nitrogens with zero attached hydrogens (tertiary/aromatic N) is 3. The Morgan fingerprint density at radius 2 is 1.83 bits per heavy atom. The van der Waals surface area contributed by atoms with Gasteiger partial charge < -0.3 is 10.2 Å². The first kappa shape index (κ1) is 20.4. The molecule has 4 rings (SSSR count). The minimum absolute atomic E-state index is 0.128. The second kappa shape index (κ2) is 8.84. The Morgan fingerprint density at radius 3 is 2.57 bits per heavy atom. The number of hydrogen-bond acceptors (Lipinski definition) is 4. The molecule has 1 aliphatic heterocycles. The minimum atomic E-state index is -0.128. The van der Waals surface area contributed by atoms with E-state index in [0.29, 0.717) is 22.8 Å². The Kier molecular flexibility index (Phi) is 6.00. The molecule has 0 bridgehead atoms. The summed E-state index contributed by atoms with van der Waals surface area (Å²) in [6.07, 6.45) is 1.21. The van der Waals surface area contributed by atoms with Crippen LogP contribution in [0.15, 0.2) is 54.6 Å². The molecule has 0 fully saturated rings. The van der Waals surface area contributed by atoms with E-state index in [4.69, 9.17) is 11.6 Å². The molecular weight excluding hydrogens is 396 g/mol. The normalized spacial score (nSPS) is 13.3. The monoisotopic (exact) mass is 420 g/mol. The molecule has 154 valence electrons. The van der Waals surface area contributed by atoms with Gasteiger partial charge in [-0.15, -0.1) is 0 Å². The number of anilines is 2.